The van der Waals surface area contributed by atoms with Crippen molar-refractivity contribution in [3.63, 3.8) is 0 Å². The van der Waals surface area contributed by atoms with Crippen LogP contribution in [0.5, 0.6) is 0 Å². The smallest absolute Gasteiger partial charge is 0.412 e. The Kier molecular flexibility index (Phi) is 4.72. The van der Waals surface area contributed by atoms with Gasteiger partial charge in [-0.15, -0.1) is 11.6 Å². The van der Waals surface area contributed by atoms with E-state index >= 15 is 0 Å². The second-order valence-corrected chi connectivity index (χ2v) is 5.01. The van der Waals surface area contributed by atoms with Crippen LogP contribution in [0.4, 0.5) is 10.5 Å². The number of hydrogen-bond donors (Lipinski definition) is 2. The van der Waals surface area contributed by atoms with Gasteiger partial charge < -0.3 is 9.84 Å². The van der Waals surface area contributed by atoms with Crippen molar-refractivity contribution in [2.45, 2.75) is 32.3 Å². The molecule has 0 radical (unpaired) electrons. The van der Waals surface area contributed by atoms with Crippen LogP contribution in [0.1, 0.15) is 36.8 Å². The number of carboxylic acid groups (broad SMARTS) is 1. The topological polar surface area (TPSA) is 88.5 Å². The molecule has 1 rings (SSSR count). The van der Waals surface area contributed by atoms with Gasteiger partial charge in [-0.2, -0.15) is 0 Å². The highest BCUT2D eigenvalue weighted by atomic mass is 35.5. The summed E-state index contributed by atoms with van der Waals surface area (Å²) in [6.45, 7) is 5.13. The number of rotatable bonds is 3. The van der Waals surface area contributed by atoms with E-state index in [0.29, 0.717) is 0 Å². The molecule has 0 aromatic carbocycles. The molecule has 0 aliphatic carbocycles. The van der Waals surface area contributed by atoms with Crippen LogP contribution in [0, 0.1) is 0 Å². The van der Waals surface area contributed by atoms with Gasteiger partial charge in [-0.3, -0.25) is 10.3 Å². The molecular weight excluding hydrogens is 272 g/mol. The Hall–Kier alpha value is -1.82. The molecule has 0 unspecified atom stereocenters. The van der Waals surface area contributed by atoms with Crippen LogP contribution in [-0.2, 0) is 10.6 Å². The number of nitrogens with zero attached hydrogens (tertiary/aromatic N) is 1. The highest BCUT2D eigenvalue weighted by molar-refractivity contribution is 6.17. The molecule has 6 nitrogen and oxygen atoms in total. The Morgan fingerprint density at radius 1 is 1.47 bits per heavy atom. The SMILES string of the molecule is CC(C)(C)OC(=O)Nc1ccnc(CCl)c1C(=O)O. The molecule has 0 saturated carbocycles. The van der Waals surface area contributed by atoms with Crippen molar-refractivity contribution >= 4 is 29.4 Å². The fraction of sp³-hybridized carbons (Fsp3) is 0.417. The maximum absolute atomic E-state index is 11.6. The highest BCUT2D eigenvalue weighted by Crippen LogP contribution is 2.20. The van der Waals surface area contributed by atoms with Gasteiger partial charge in [0.1, 0.15) is 11.2 Å². The van der Waals surface area contributed by atoms with Gasteiger partial charge in [0.15, 0.2) is 0 Å². The Bertz CT molecular complexity index is 497. The first-order valence-electron chi connectivity index (χ1n) is 5.51. The third-order valence-electron chi connectivity index (χ3n) is 2.01. The third-order valence-corrected chi connectivity index (χ3v) is 2.26. The summed E-state index contributed by atoms with van der Waals surface area (Å²) in [4.78, 5) is 26.7. The van der Waals surface area contributed by atoms with Crippen molar-refractivity contribution in [1.82, 2.24) is 4.98 Å². The molecule has 0 aliphatic heterocycles. The van der Waals surface area contributed by atoms with Crippen molar-refractivity contribution in [2.24, 2.45) is 0 Å². The molecule has 0 aliphatic rings. The number of pyridine rings is 1. The van der Waals surface area contributed by atoms with Crippen LogP contribution in [0.25, 0.3) is 0 Å². The average molecular weight is 287 g/mol. The molecule has 0 atom stereocenters. The van der Waals surface area contributed by atoms with Gasteiger partial charge in [0.25, 0.3) is 0 Å². The van der Waals surface area contributed by atoms with E-state index in [2.05, 4.69) is 10.3 Å². The number of carbonyl (C=O) groups is 2. The number of aromatic nitrogens is 1. The predicted molar refractivity (Wildman–Crippen MR) is 70.6 cm³/mol. The number of aromatic carboxylic acids is 1. The van der Waals surface area contributed by atoms with Gasteiger partial charge in [-0.25, -0.2) is 9.59 Å². The predicted octanol–water partition coefficient (Wildman–Crippen LogP) is 2.87. The minimum atomic E-state index is -1.21. The maximum Gasteiger partial charge on any atom is 0.412 e. The quantitative estimate of drug-likeness (QED) is 0.834. The highest BCUT2D eigenvalue weighted by Gasteiger charge is 2.21. The minimum Gasteiger partial charge on any atom is -0.478 e. The first-order chi connectivity index (χ1) is 8.74. The van der Waals surface area contributed by atoms with Crippen LogP contribution in [0.15, 0.2) is 12.3 Å². The largest absolute Gasteiger partial charge is 0.478 e. The van der Waals surface area contributed by atoms with Crippen molar-refractivity contribution in [3.8, 4) is 0 Å². The zero-order valence-corrected chi connectivity index (χ0v) is 11.6. The maximum atomic E-state index is 11.6. The van der Waals surface area contributed by atoms with E-state index < -0.39 is 17.7 Å². The Morgan fingerprint density at radius 3 is 2.58 bits per heavy atom. The summed E-state index contributed by atoms with van der Waals surface area (Å²) in [7, 11) is 0. The van der Waals surface area contributed by atoms with E-state index in [1.54, 1.807) is 20.8 Å². The van der Waals surface area contributed by atoms with Crippen molar-refractivity contribution in [2.75, 3.05) is 5.32 Å². The molecule has 0 saturated heterocycles. The molecular formula is C12H15ClN2O4. The van der Waals surface area contributed by atoms with Crippen LogP contribution in [-0.4, -0.2) is 27.8 Å². The molecule has 2 N–H and O–H groups in total. The molecule has 1 amide bonds. The molecule has 1 heterocycles. The molecule has 19 heavy (non-hydrogen) atoms. The van der Waals surface area contributed by atoms with Crippen LogP contribution in [0.2, 0.25) is 0 Å². The first-order valence-corrected chi connectivity index (χ1v) is 6.05. The normalized spacial score (nSPS) is 10.9. The van der Waals surface area contributed by atoms with E-state index in [1.165, 1.54) is 12.3 Å². The fourth-order valence-electron chi connectivity index (χ4n) is 1.36. The number of anilines is 1. The van der Waals surface area contributed by atoms with Crippen LogP contribution >= 0.6 is 11.6 Å². The lowest BCUT2D eigenvalue weighted by Gasteiger charge is -2.20. The summed E-state index contributed by atoms with van der Waals surface area (Å²) in [6, 6.07) is 1.38. The second kappa shape index (κ2) is 5.88. The Morgan fingerprint density at radius 2 is 2.11 bits per heavy atom. The minimum absolute atomic E-state index is 0.0640. The standard InChI is InChI=1S/C12H15ClN2O4/c1-12(2,3)19-11(18)15-7-4-5-14-8(6-13)9(7)10(16)17/h4-5H,6H2,1-3H3,(H,16,17)(H,14,15,18). The number of ether oxygens (including phenoxy) is 1. The molecule has 0 spiro atoms. The van der Waals surface area contributed by atoms with E-state index in [1.807, 2.05) is 0 Å². The summed E-state index contributed by atoms with van der Waals surface area (Å²) >= 11 is 5.62. The van der Waals surface area contributed by atoms with Crippen molar-refractivity contribution < 1.29 is 19.4 Å². The molecule has 0 bridgehead atoms. The van der Waals surface area contributed by atoms with Crippen molar-refractivity contribution in [3.05, 3.63) is 23.5 Å². The van der Waals surface area contributed by atoms with Gasteiger partial charge in [0, 0.05) is 6.20 Å². The average Bonchev–Trinajstić information content (AvgIpc) is 2.25. The van der Waals surface area contributed by atoms with E-state index in [-0.39, 0.29) is 22.8 Å². The van der Waals surface area contributed by atoms with Gasteiger partial charge in [-0.1, -0.05) is 0 Å². The Balaban J connectivity index is 3.01. The molecule has 1 aromatic heterocycles. The second-order valence-electron chi connectivity index (χ2n) is 4.75. The van der Waals surface area contributed by atoms with Gasteiger partial charge >= 0.3 is 12.1 Å². The zero-order valence-electron chi connectivity index (χ0n) is 10.9. The van der Waals surface area contributed by atoms with Crippen LogP contribution in [0.3, 0.4) is 0 Å². The summed E-state index contributed by atoms with van der Waals surface area (Å²) in [5.74, 6) is -1.28. The number of nitrogens with one attached hydrogen (secondary N) is 1. The number of hydrogen-bond acceptors (Lipinski definition) is 4. The number of alkyl halides is 1. The summed E-state index contributed by atoms with van der Waals surface area (Å²) in [5, 5.41) is 11.5. The van der Waals surface area contributed by atoms with Gasteiger partial charge in [-0.05, 0) is 26.8 Å². The van der Waals surface area contributed by atoms with Crippen molar-refractivity contribution in [1.29, 1.82) is 0 Å². The molecule has 1 aromatic rings. The van der Waals surface area contributed by atoms with Gasteiger partial charge in [0.2, 0.25) is 0 Å². The fourth-order valence-corrected chi connectivity index (χ4v) is 1.57. The van der Waals surface area contributed by atoms with E-state index in [4.69, 9.17) is 21.4 Å². The Labute approximate surface area is 115 Å². The molecule has 7 heteroatoms. The van der Waals surface area contributed by atoms with E-state index in [9.17, 15) is 9.59 Å². The number of carboxylic acids is 1. The lowest BCUT2D eigenvalue weighted by molar-refractivity contribution is 0.0636. The van der Waals surface area contributed by atoms with Crippen LogP contribution < -0.4 is 5.32 Å². The summed E-state index contributed by atoms with van der Waals surface area (Å²) in [6.07, 6.45) is 0.637. The number of amides is 1. The third kappa shape index (κ3) is 4.40. The lowest BCUT2D eigenvalue weighted by Crippen LogP contribution is -2.28. The summed E-state index contributed by atoms with van der Waals surface area (Å²) in [5.41, 5.74) is -0.519. The number of carbonyl (C=O) groups excluding carboxylic acids is 1. The molecule has 0 fully saturated rings. The molecule has 104 valence electrons. The lowest BCUT2D eigenvalue weighted by atomic mass is 10.1. The van der Waals surface area contributed by atoms with E-state index in [0.717, 1.165) is 0 Å². The zero-order chi connectivity index (χ0) is 14.6. The first kappa shape index (κ1) is 15.2. The monoisotopic (exact) mass is 286 g/mol. The summed E-state index contributed by atoms with van der Waals surface area (Å²) < 4.78 is 5.05. The number of halogens is 1. The van der Waals surface area contributed by atoms with Gasteiger partial charge in [0.05, 0.1) is 17.3 Å².